The molecule has 5 heteroatoms. The molecular weight excluding hydrogens is 302 g/mol. The molecule has 0 saturated heterocycles. The van der Waals surface area contributed by atoms with Gasteiger partial charge in [-0.2, -0.15) is 0 Å². The smallest absolute Gasteiger partial charge is 0.311 e. The largest absolute Gasteiger partial charge is 0.426 e. The van der Waals surface area contributed by atoms with E-state index < -0.39 is 0 Å². The molecule has 22 heavy (non-hydrogen) atoms. The second-order valence-electron chi connectivity index (χ2n) is 5.17. The van der Waals surface area contributed by atoms with Gasteiger partial charge in [-0.05, 0) is 35.9 Å². The van der Waals surface area contributed by atoms with E-state index in [2.05, 4.69) is 5.32 Å². The molecule has 1 amide bonds. The van der Waals surface area contributed by atoms with Crippen LogP contribution in [0.3, 0.4) is 0 Å². The van der Waals surface area contributed by atoms with Gasteiger partial charge in [-0.1, -0.05) is 29.8 Å². The third-order valence-electron chi connectivity index (χ3n) is 3.56. The van der Waals surface area contributed by atoms with Crippen molar-refractivity contribution in [1.82, 2.24) is 0 Å². The van der Waals surface area contributed by atoms with Gasteiger partial charge in [0.1, 0.15) is 5.75 Å². The summed E-state index contributed by atoms with van der Waals surface area (Å²) >= 11 is 5.81. The lowest BCUT2D eigenvalue weighted by atomic mass is 9.89. The van der Waals surface area contributed by atoms with Crippen LogP contribution in [0.1, 0.15) is 24.3 Å². The van der Waals surface area contributed by atoms with Crippen molar-refractivity contribution < 1.29 is 14.3 Å². The summed E-state index contributed by atoms with van der Waals surface area (Å²) in [5.41, 5.74) is 1.58. The number of nitrogens with one attached hydrogen (secondary N) is 1. The molecule has 1 atom stereocenters. The first-order valence-electron chi connectivity index (χ1n) is 6.97. The second kappa shape index (κ2) is 6.20. The summed E-state index contributed by atoms with van der Waals surface area (Å²) in [5.74, 6) is -0.0624. The summed E-state index contributed by atoms with van der Waals surface area (Å²) in [5, 5.41) is 3.43. The van der Waals surface area contributed by atoms with Gasteiger partial charge in [0.05, 0.1) is 6.42 Å². The van der Waals surface area contributed by atoms with Crippen molar-refractivity contribution >= 4 is 29.2 Å². The van der Waals surface area contributed by atoms with Crippen molar-refractivity contribution in [2.24, 2.45) is 0 Å². The molecule has 0 aromatic heterocycles. The zero-order chi connectivity index (χ0) is 15.5. The highest BCUT2D eigenvalue weighted by atomic mass is 35.5. The summed E-state index contributed by atoms with van der Waals surface area (Å²) in [6, 6.07) is 14.2. The molecule has 2 aromatic rings. The number of benzene rings is 2. The van der Waals surface area contributed by atoms with Crippen molar-refractivity contribution in [3.05, 3.63) is 59.1 Å². The Labute approximate surface area is 133 Å². The van der Waals surface area contributed by atoms with Gasteiger partial charge in [0.15, 0.2) is 0 Å². The molecular formula is C17H14ClNO3. The molecule has 1 aliphatic rings. The maximum atomic E-state index is 12.2. The zero-order valence-electron chi connectivity index (χ0n) is 11.7. The number of halogens is 1. The quantitative estimate of drug-likeness (QED) is 0.693. The highest BCUT2D eigenvalue weighted by Gasteiger charge is 2.28. The van der Waals surface area contributed by atoms with Crippen LogP contribution >= 0.6 is 11.6 Å². The van der Waals surface area contributed by atoms with E-state index >= 15 is 0 Å². The lowest BCUT2D eigenvalue weighted by Crippen LogP contribution is -2.24. The molecule has 0 saturated carbocycles. The molecule has 3 rings (SSSR count). The van der Waals surface area contributed by atoms with Crippen molar-refractivity contribution in [3.63, 3.8) is 0 Å². The number of anilines is 1. The van der Waals surface area contributed by atoms with Crippen LogP contribution in [0.4, 0.5) is 5.69 Å². The number of para-hydroxylation sites is 1. The molecule has 0 bridgehead atoms. The predicted octanol–water partition coefficient (Wildman–Crippen LogP) is 3.76. The van der Waals surface area contributed by atoms with Gasteiger partial charge in [-0.15, -0.1) is 0 Å². The van der Waals surface area contributed by atoms with Crippen LogP contribution in [0.25, 0.3) is 0 Å². The number of rotatable bonds is 3. The molecule has 1 unspecified atom stereocenters. The minimum Gasteiger partial charge on any atom is -0.426 e. The number of esters is 1. The zero-order valence-corrected chi connectivity index (χ0v) is 12.5. The third-order valence-corrected chi connectivity index (χ3v) is 3.81. The highest BCUT2D eigenvalue weighted by Crippen LogP contribution is 2.36. The van der Waals surface area contributed by atoms with Crippen molar-refractivity contribution in [1.29, 1.82) is 0 Å². The average Bonchev–Trinajstić information content (AvgIpc) is 2.49. The molecule has 1 heterocycles. The van der Waals surface area contributed by atoms with Gasteiger partial charge in [0, 0.05) is 23.0 Å². The van der Waals surface area contributed by atoms with Crippen LogP contribution in [0.15, 0.2) is 48.5 Å². The van der Waals surface area contributed by atoms with Crippen LogP contribution in [0.5, 0.6) is 5.75 Å². The molecule has 1 N–H and O–H groups in total. The van der Waals surface area contributed by atoms with E-state index in [1.807, 2.05) is 18.2 Å². The fraction of sp³-hybridized carbons (Fsp3) is 0.176. The Hall–Kier alpha value is -2.33. The first-order valence-corrected chi connectivity index (χ1v) is 7.34. The van der Waals surface area contributed by atoms with Crippen LogP contribution in [-0.2, 0) is 9.59 Å². The summed E-state index contributed by atoms with van der Waals surface area (Å²) in [4.78, 5) is 23.8. The Morgan fingerprint density at radius 2 is 1.91 bits per heavy atom. The van der Waals surface area contributed by atoms with Gasteiger partial charge in [-0.3, -0.25) is 9.59 Å². The fourth-order valence-corrected chi connectivity index (χ4v) is 2.66. The van der Waals surface area contributed by atoms with Crippen LogP contribution in [0, 0.1) is 0 Å². The molecule has 2 aromatic carbocycles. The molecule has 0 aliphatic carbocycles. The monoisotopic (exact) mass is 315 g/mol. The van der Waals surface area contributed by atoms with Gasteiger partial charge in [0.2, 0.25) is 5.91 Å². The Kier molecular flexibility index (Phi) is 4.11. The van der Waals surface area contributed by atoms with E-state index in [-0.39, 0.29) is 30.6 Å². The Balaban J connectivity index is 1.71. The Bertz CT molecular complexity index is 712. The topological polar surface area (TPSA) is 55.4 Å². The van der Waals surface area contributed by atoms with E-state index in [9.17, 15) is 9.59 Å². The number of carbonyl (C=O) groups excluding carboxylic acids is 2. The lowest BCUT2D eigenvalue weighted by Gasteiger charge is -2.23. The Morgan fingerprint density at radius 1 is 1.18 bits per heavy atom. The number of hydrogen-bond acceptors (Lipinski definition) is 3. The predicted molar refractivity (Wildman–Crippen MR) is 84.1 cm³/mol. The van der Waals surface area contributed by atoms with Gasteiger partial charge >= 0.3 is 5.97 Å². The number of amides is 1. The van der Waals surface area contributed by atoms with E-state index in [1.165, 1.54) is 0 Å². The SMILES string of the molecule is O=C(CC1CC(=O)Oc2ccccc21)Nc1ccc(Cl)cc1. The average molecular weight is 316 g/mol. The summed E-state index contributed by atoms with van der Waals surface area (Å²) in [7, 11) is 0. The number of carbonyl (C=O) groups is 2. The summed E-state index contributed by atoms with van der Waals surface area (Å²) < 4.78 is 5.19. The van der Waals surface area contributed by atoms with Gasteiger partial charge in [-0.25, -0.2) is 0 Å². The second-order valence-corrected chi connectivity index (χ2v) is 5.61. The van der Waals surface area contributed by atoms with Crippen LogP contribution < -0.4 is 10.1 Å². The fourth-order valence-electron chi connectivity index (χ4n) is 2.54. The molecule has 0 fully saturated rings. The minimum absolute atomic E-state index is 0.142. The standard InChI is InChI=1S/C17H14ClNO3/c18-12-5-7-13(8-6-12)19-16(20)9-11-10-17(21)22-15-4-2-1-3-14(11)15/h1-8,11H,9-10H2,(H,19,20). The molecule has 0 radical (unpaired) electrons. The molecule has 0 spiro atoms. The first kappa shape index (κ1) is 14.6. The van der Waals surface area contributed by atoms with E-state index in [0.29, 0.717) is 16.5 Å². The first-order chi connectivity index (χ1) is 10.6. The lowest BCUT2D eigenvalue weighted by molar-refractivity contribution is -0.136. The Morgan fingerprint density at radius 3 is 2.68 bits per heavy atom. The number of hydrogen-bond donors (Lipinski definition) is 1. The molecule has 4 nitrogen and oxygen atoms in total. The van der Waals surface area contributed by atoms with Crippen molar-refractivity contribution in [2.75, 3.05) is 5.32 Å². The van der Waals surface area contributed by atoms with E-state index in [0.717, 1.165) is 5.56 Å². The summed E-state index contributed by atoms with van der Waals surface area (Å²) in [6.07, 6.45) is 0.444. The van der Waals surface area contributed by atoms with Crippen molar-refractivity contribution in [2.45, 2.75) is 18.8 Å². The van der Waals surface area contributed by atoms with Gasteiger partial charge < -0.3 is 10.1 Å². The van der Waals surface area contributed by atoms with Crippen LogP contribution in [-0.4, -0.2) is 11.9 Å². The maximum absolute atomic E-state index is 12.2. The normalized spacial score (nSPS) is 16.6. The van der Waals surface area contributed by atoms with E-state index in [4.69, 9.17) is 16.3 Å². The minimum atomic E-state index is -0.303. The van der Waals surface area contributed by atoms with Crippen LogP contribution in [0.2, 0.25) is 5.02 Å². The van der Waals surface area contributed by atoms with E-state index in [1.54, 1.807) is 30.3 Å². The van der Waals surface area contributed by atoms with Crippen molar-refractivity contribution in [3.8, 4) is 5.75 Å². The molecule has 112 valence electrons. The van der Waals surface area contributed by atoms with Gasteiger partial charge in [0.25, 0.3) is 0 Å². The third kappa shape index (κ3) is 3.28. The number of fused-ring (bicyclic) bond motifs is 1. The summed E-state index contributed by atoms with van der Waals surface area (Å²) in [6.45, 7) is 0. The molecule has 1 aliphatic heterocycles. The number of ether oxygens (including phenoxy) is 1. The highest BCUT2D eigenvalue weighted by molar-refractivity contribution is 6.30. The maximum Gasteiger partial charge on any atom is 0.311 e.